The van der Waals surface area contributed by atoms with Gasteiger partial charge < -0.3 is 5.32 Å². The summed E-state index contributed by atoms with van der Waals surface area (Å²) in [5, 5.41) is 12.3. The molecular weight excluding hydrogens is 359 g/mol. The number of carbonyl (C=O) groups excluding carboxylic acids is 1. The van der Waals surface area contributed by atoms with Crippen LogP contribution in [0.25, 0.3) is 16.6 Å². The number of aromatic nitrogens is 5. The Morgan fingerprint density at radius 3 is 2.61 bits per heavy atom. The van der Waals surface area contributed by atoms with E-state index in [0.29, 0.717) is 22.2 Å². The highest BCUT2D eigenvalue weighted by Crippen LogP contribution is 2.22. The number of hydrogen-bond acceptors (Lipinski definition) is 4. The number of aryl methyl sites for hydroxylation is 1. The van der Waals surface area contributed by atoms with Gasteiger partial charge in [-0.1, -0.05) is 6.92 Å². The van der Waals surface area contributed by atoms with Crippen LogP contribution in [0, 0.1) is 5.82 Å². The van der Waals surface area contributed by atoms with Crippen molar-refractivity contribution in [3.8, 4) is 5.69 Å². The molecule has 7 nitrogen and oxygen atoms in total. The molecule has 3 heterocycles. The van der Waals surface area contributed by atoms with Gasteiger partial charge in [0, 0.05) is 30.4 Å². The molecule has 0 aliphatic carbocycles. The van der Waals surface area contributed by atoms with E-state index in [9.17, 15) is 9.18 Å². The topological polar surface area (TPSA) is 77.6 Å². The molecule has 0 bridgehead atoms. The lowest BCUT2D eigenvalue weighted by Gasteiger charge is -2.15. The Balaban J connectivity index is 1.67. The van der Waals surface area contributed by atoms with E-state index in [1.165, 1.54) is 18.3 Å². The Morgan fingerprint density at radius 1 is 1.14 bits per heavy atom. The van der Waals surface area contributed by atoms with Crippen molar-refractivity contribution in [1.82, 2.24) is 29.9 Å². The van der Waals surface area contributed by atoms with Crippen LogP contribution >= 0.6 is 0 Å². The zero-order chi connectivity index (χ0) is 19.7. The van der Waals surface area contributed by atoms with Crippen molar-refractivity contribution in [3.63, 3.8) is 0 Å². The van der Waals surface area contributed by atoms with Crippen molar-refractivity contribution in [2.75, 3.05) is 0 Å². The van der Waals surface area contributed by atoms with E-state index in [-0.39, 0.29) is 17.8 Å². The maximum absolute atomic E-state index is 13.2. The van der Waals surface area contributed by atoms with Crippen LogP contribution in [-0.2, 0) is 7.05 Å². The van der Waals surface area contributed by atoms with Crippen LogP contribution in [0.3, 0.4) is 0 Å². The maximum atomic E-state index is 13.2. The third kappa shape index (κ3) is 3.24. The van der Waals surface area contributed by atoms with E-state index in [0.717, 1.165) is 12.0 Å². The standard InChI is InChI=1S/C20H19FN6O/c1-3-18(13-8-23-26(2)12-13)25-20(28)17-9-22-11-19-16(17)10-24-27(19)15-6-4-14(21)5-7-15/h4-12,18H,3H2,1-2H3,(H,25,28)/t18-/m0/s1. The third-order valence-electron chi connectivity index (χ3n) is 4.65. The fourth-order valence-electron chi connectivity index (χ4n) is 3.19. The fraction of sp³-hybridized carbons (Fsp3) is 0.200. The zero-order valence-corrected chi connectivity index (χ0v) is 15.5. The van der Waals surface area contributed by atoms with E-state index in [1.54, 1.807) is 40.1 Å². The summed E-state index contributed by atoms with van der Waals surface area (Å²) in [7, 11) is 1.84. The van der Waals surface area contributed by atoms with Crippen LogP contribution < -0.4 is 5.32 Å². The Labute approximate surface area is 160 Å². The second-order valence-electron chi connectivity index (χ2n) is 6.53. The quantitative estimate of drug-likeness (QED) is 0.579. The van der Waals surface area contributed by atoms with Gasteiger partial charge in [0.2, 0.25) is 0 Å². The molecule has 28 heavy (non-hydrogen) atoms. The molecule has 0 saturated heterocycles. The van der Waals surface area contributed by atoms with Crippen molar-refractivity contribution in [2.24, 2.45) is 7.05 Å². The molecular formula is C20H19FN6O. The van der Waals surface area contributed by atoms with Gasteiger partial charge in [0.15, 0.2) is 0 Å². The number of fused-ring (bicyclic) bond motifs is 1. The lowest BCUT2D eigenvalue weighted by Crippen LogP contribution is -2.28. The minimum atomic E-state index is -0.320. The molecule has 0 aliphatic rings. The summed E-state index contributed by atoms with van der Waals surface area (Å²) in [4.78, 5) is 17.1. The van der Waals surface area contributed by atoms with E-state index in [1.807, 2.05) is 20.2 Å². The number of carbonyl (C=O) groups is 1. The van der Waals surface area contributed by atoms with Crippen molar-refractivity contribution in [3.05, 3.63) is 72.2 Å². The van der Waals surface area contributed by atoms with Gasteiger partial charge in [-0.15, -0.1) is 0 Å². The summed E-state index contributed by atoms with van der Waals surface area (Å²) in [5.41, 5.74) is 2.75. The van der Waals surface area contributed by atoms with Crippen LogP contribution in [0.1, 0.15) is 35.3 Å². The number of nitrogens with zero attached hydrogens (tertiary/aromatic N) is 5. The largest absolute Gasteiger partial charge is 0.345 e. The molecule has 4 aromatic rings. The zero-order valence-electron chi connectivity index (χ0n) is 15.5. The van der Waals surface area contributed by atoms with Gasteiger partial charge in [-0.2, -0.15) is 10.2 Å². The molecule has 4 rings (SSSR count). The molecule has 1 amide bonds. The molecule has 1 atom stereocenters. The van der Waals surface area contributed by atoms with Crippen molar-refractivity contribution in [1.29, 1.82) is 0 Å². The van der Waals surface area contributed by atoms with E-state index < -0.39 is 0 Å². The molecule has 8 heteroatoms. The van der Waals surface area contributed by atoms with Crippen LogP contribution in [0.15, 0.2) is 55.2 Å². The van der Waals surface area contributed by atoms with Gasteiger partial charge >= 0.3 is 0 Å². The van der Waals surface area contributed by atoms with E-state index >= 15 is 0 Å². The lowest BCUT2D eigenvalue weighted by atomic mass is 10.1. The molecule has 0 saturated carbocycles. The van der Waals surface area contributed by atoms with Crippen molar-refractivity contribution >= 4 is 16.8 Å². The number of benzene rings is 1. The van der Waals surface area contributed by atoms with Crippen molar-refractivity contribution < 1.29 is 9.18 Å². The summed E-state index contributed by atoms with van der Waals surface area (Å²) >= 11 is 0. The Morgan fingerprint density at radius 2 is 1.93 bits per heavy atom. The van der Waals surface area contributed by atoms with Gasteiger partial charge in [0.05, 0.1) is 41.4 Å². The summed E-state index contributed by atoms with van der Waals surface area (Å²) < 4.78 is 16.6. The number of hydrogen-bond donors (Lipinski definition) is 1. The Bertz CT molecular complexity index is 1130. The van der Waals surface area contributed by atoms with E-state index in [2.05, 4.69) is 20.5 Å². The molecule has 0 spiro atoms. The van der Waals surface area contributed by atoms with Crippen molar-refractivity contribution in [2.45, 2.75) is 19.4 Å². The number of halogens is 1. The van der Waals surface area contributed by atoms with Gasteiger partial charge in [0.1, 0.15) is 5.82 Å². The Hall–Kier alpha value is -3.55. The highest BCUT2D eigenvalue weighted by Gasteiger charge is 2.19. The average Bonchev–Trinajstić information content (AvgIpc) is 3.32. The summed E-state index contributed by atoms with van der Waals surface area (Å²) in [6.07, 6.45) is 9.17. The summed E-state index contributed by atoms with van der Waals surface area (Å²) in [6.45, 7) is 2.00. The van der Waals surface area contributed by atoms with Crippen LogP contribution in [-0.4, -0.2) is 30.5 Å². The van der Waals surface area contributed by atoms with Crippen LogP contribution in [0.4, 0.5) is 4.39 Å². The second kappa shape index (κ2) is 7.22. The predicted molar refractivity (Wildman–Crippen MR) is 103 cm³/mol. The SMILES string of the molecule is CC[C@H](NC(=O)c1cncc2c1cnn2-c1ccc(F)cc1)c1cnn(C)c1. The molecule has 1 N–H and O–H groups in total. The number of amides is 1. The monoisotopic (exact) mass is 378 g/mol. The maximum Gasteiger partial charge on any atom is 0.254 e. The molecule has 142 valence electrons. The summed E-state index contributed by atoms with van der Waals surface area (Å²) in [5.74, 6) is -0.549. The van der Waals surface area contributed by atoms with Gasteiger partial charge in [0.25, 0.3) is 5.91 Å². The van der Waals surface area contributed by atoms with Crippen LogP contribution in [0.5, 0.6) is 0 Å². The first-order valence-electron chi connectivity index (χ1n) is 8.94. The molecule has 0 unspecified atom stereocenters. The minimum absolute atomic E-state index is 0.149. The first kappa shape index (κ1) is 17.8. The van der Waals surface area contributed by atoms with Crippen LogP contribution in [0.2, 0.25) is 0 Å². The minimum Gasteiger partial charge on any atom is -0.345 e. The number of rotatable bonds is 5. The van der Waals surface area contributed by atoms with Gasteiger partial charge in [-0.05, 0) is 30.7 Å². The molecule has 0 fully saturated rings. The number of pyridine rings is 1. The lowest BCUT2D eigenvalue weighted by molar-refractivity contribution is 0.0937. The van der Waals surface area contributed by atoms with E-state index in [4.69, 9.17) is 0 Å². The smallest absolute Gasteiger partial charge is 0.254 e. The first-order valence-corrected chi connectivity index (χ1v) is 8.94. The average molecular weight is 378 g/mol. The summed E-state index contributed by atoms with van der Waals surface area (Å²) in [6, 6.07) is 5.84. The Kier molecular flexibility index (Phi) is 4.60. The molecule has 3 aromatic heterocycles. The predicted octanol–water partition coefficient (Wildman–Crippen LogP) is 3.17. The highest BCUT2D eigenvalue weighted by atomic mass is 19.1. The van der Waals surface area contributed by atoms with Gasteiger partial charge in [-0.25, -0.2) is 9.07 Å². The number of nitrogens with one attached hydrogen (secondary N) is 1. The fourth-order valence-corrected chi connectivity index (χ4v) is 3.19. The normalized spacial score (nSPS) is 12.2. The molecule has 0 aliphatic heterocycles. The first-order chi connectivity index (χ1) is 13.6. The second-order valence-corrected chi connectivity index (χ2v) is 6.53. The molecule has 1 aromatic carbocycles. The third-order valence-corrected chi connectivity index (χ3v) is 4.65. The molecule has 0 radical (unpaired) electrons. The van der Waals surface area contributed by atoms with Gasteiger partial charge in [-0.3, -0.25) is 14.5 Å². The highest BCUT2D eigenvalue weighted by molar-refractivity contribution is 6.06.